The Labute approximate surface area is 112 Å². The van der Waals surface area contributed by atoms with Crippen molar-refractivity contribution in [1.82, 2.24) is 0 Å². The summed E-state index contributed by atoms with van der Waals surface area (Å²) in [5.74, 6) is -3.12. The summed E-state index contributed by atoms with van der Waals surface area (Å²) in [6.07, 6.45) is -1.28. The Morgan fingerprint density at radius 2 is 1.90 bits per heavy atom. The molecule has 9 heteroatoms. The summed E-state index contributed by atoms with van der Waals surface area (Å²) < 4.78 is 9.85. The molecule has 1 aromatic rings. The molecule has 1 aromatic carbocycles. The molecule has 2 N–H and O–H groups in total. The van der Waals surface area contributed by atoms with Crippen LogP contribution >= 0.6 is 0 Å². The van der Waals surface area contributed by atoms with Gasteiger partial charge in [0.25, 0.3) is 5.69 Å². The molecule has 0 aliphatic heterocycles. The maximum absolute atomic E-state index is 10.9. The number of carbonyl (C=O) groups is 2. The van der Waals surface area contributed by atoms with E-state index < -0.39 is 34.2 Å². The van der Waals surface area contributed by atoms with Crippen LogP contribution in [0.5, 0.6) is 11.5 Å². The number of nitrogens with zero attached hydrogens (tertiary/aromatic N) is 1. The number of aliphatic carboxylic acids is 1. The largest absolute Gasteiger partial charge is 0.493 e. The van der Waals surface area contributed by atoms with Crippen LogP contribution in [-0.2, 0) is 4.79 Å². The van der Waals surface area contributed by atoms with Crippen molar-refractivity contribution in [1.29, 1.82) is 0 Å². The molecule has 0 radical (unpaired) electrons. The molecule has 0 fully saturated rings. The highest BCUT2D eigenvalue weighted by atomic mass is 16.6. The zero-order valence-corrected chi connectivity index (χ0v) is 10.5. The fraction of sp³-hybridized carbons (Fsp3) is 0.273. The van der Waals surface area contributed by atoms with Crippen LogP contribution < -0.4 is 9.47 Å². The molecule has 20 heavy (non-hydrogen) atoms. The highest BCUT2D eigenvalue weighted by Crippen LogP contribution is 2.35. The van der Waals surface area contributed by atoms with E-state index in [0.29, 0.717) is 0 Å². The van der Waals surface area contributed by atoms with Gasteiger partial charge in [-0.05, 0) is 6.92 Å². The van der Waals surface area contributed by atoms with Crippen LogP contribution in [0.15, 0.2) is 12.1 Å². The zero-order chi connectivity index (χ0) is 15.4. The van der Waals surface area contributed by atoms with Crippen molar-refractivity contribution >= 4 is 17.6 Å². The monoisotopic (exact) mass is 285 g/mol. The van der Waals surface area contributed by atoms with Gasteiger partial charge in [0.1, 0.15) is 5.56 Å². The number of nitro groups is 1. The van der Waals surface area contributed by atoms with Gasteiger partial charge in [0, 0.05) is 6.07 Å². The highest BCUT2D eigenvalue weighted by molar-refractivity contribution is 5.93. The predicted octanol–water partition coefficient (Wildman–Crippen LogP) is 1.15. The van der Waals surface area contributed by atoms with Gasteiger partial charge in [0.15, 0.2) is 17.6 Å². The van der Waals surface area contributed by atoms with Gasteiger partial charge in [0.2, 0.25) is 0 Å². The summed E-state index contributed by atoms with van der Waals surface area (Å²) in [4.78, 5) is 31.6. The molecule has 0 saturated heterocycles. The maximum atomic E-state index is 10.9. The van der Waals surface area contributed by atoms with Crippen LogP contribution in [0.1, 0.15) is 17.3 Å². The quantitative estimate of drug-likeness (QED) is 0.586. The average molecular weight is 285 g/mol. The van der Waals surface area contributed by atoms with E-state index in [9.17, 15) is 19.7 Å². The van der Waals surface area contributed by atoms with E-state index in [1.165, 1.54) is 14.0 Å². The fourth-order valence-electron chi connectivity index (χ4n) is 1.36. The van der Waals surface area contributed by atoms with Crippen molar-refractivity contribution in [2.75, 3.05) is 7.11 Å². The van der Waals surface area contributed by atoms with E-state index in [0.717, 1.165) is 12.1 Å². The topological polar surface area (TPSA) is 136 Å². The number of hydrogen-bond acceptors (Lipinski definition) is 6. The van der Waals surface area contributed by atoms with Crippen LogP contribution in [-0.4, -0.2) is 40.3 Å². The molecule has 108 valence electrons. The number of benzene rings is 1. The third kappa shape index (κ3) is 3.13. The molecular weight excluding hydrogens is 274 g/mol. The molecule has 1 unspecified atom stereocenters. The Hall–Kier alpha value is -2.84. The first-order valence-corrected chi connectivity index (χ1v) is 5.27. The van der Waals surface area contributed by atoms with Gasteiger partial charge in [-0.3, -0.25) is 10.1 Å². The lowest BCUT2D eigenvalue weighted by Crippen LogP contribution is -2.23. The minimum atomic E-state index is -1.51. The summed E-state index contributed by atoms with van der Waals surface area (Å²) >= 11 is 0. The number of carboxylic acids is 2. The van der Waals surface area contributed by atoms with E-state index in [4.69, 9.17) is 19.7 Å². The lowest BCUT2D eigenvalue weighted by Gasteiger charge is -2.14. The first kappa shape index (κ1) is 15.2. The summed E-state index contributed by atoms with van der Waals surface area (Å²) in [5, 5.41) is 28.5. The molecule has 0 aromatic heterocycles. The molecule has 0 bridgehead atoms. The summed E-state index contributed by atoms with van der Waals surface area (Å²) in [6, 6.07) is 1.73. The van der Waals surface area contributed by atoms with Gasteiger partial charge in [-0.1, -0.05) is 0 Å². The molecule has 0 spiro atoms. The Kier molecular flexibility index (Phi) is 4.46. The first-order valence-electron chi connectivity index (χ1n) is 5.27. The molecule has 1 rings (SSSR count). The number of hydrogen-bond donors (Lipinski definition) is 2. The number of aromatic carboxylic acids is 1. The van der Waals surface area contributed by atoms with Crippen LogP contribution in [0.2, 0.25) is 0 Å². The van der Waals surface area contributed by atoms with E-state index >= 15 is 0 Å². The standard InChI is InChI=1S/C11H11NO8/c1-5(10(13)14)20-9-4-7(12(17)18)6(11(15)16)3-8(9)19-2/h3-5H,1-2H3,(H,13,14)(H,15,16). The second kappa shape index (κ2) is 5.87. The fourth-order valence-corrected chi connectivity index (χ4v) is 1.36. The molecule has 0 amide bonds. The SMILES string of the molecule is COc1cc(C(=O)O)c([N+](=O)[O-])cc1OC(C)C(=O)O. The van der Waals surface area contributed by atoms with Crippen molar-refractivity contribution in [3.8, 4) is 11.5 Å². The summed E-state index contributed by atoms with van der Waals surface area (Å²) in [7, 11) is 1.20. The number of methoxy groups -OCH3 is 1. The second-order valence-corrected chi connectivity index (χ2v) is 3.68. The van der Waals surface area contributed by atoms with Crippen LogP contribution in [0.3, 0.4) is 0 Å². The molecule has 0 aliphatic carbocycles. The number of rotatable bonds is 6. The predicted molar refractivity (Wildman–Crippen MR) is 64.3 cm³/mol. The van der Waals surface area contributed by atoms with Gasteiger partial charge in [-0.2, -0.15) is 0 Å². The molecule has 9 nitrogen and oxygen atoms in total. The average Bonchev–Trinajstić information content (AvgIpc) is 2.37. The molecule has 0 saturated carbocycles. The van der Waals surface area contributed by atoms with Gasteiger partial charge >= 0.3 is 11.9 Å². The molecule has 0 heterocycles. The smallest absolute Gasteiger partial charge is 0.344 e. The normalized spacial score (nSPS) is 11.5. The Bertz CT molecular complexity index is 568. The van der Waals surface area contributed by atoms with Crippen molar-refractivity contribution in [2.45, 2.75) is 13.0 Å². The third-order valence-corrected chi connectivity index (χ3v) is 2.36. The van der Waals surface area contributed by atoms with Crippen LogP contribution in [0.25, 0.3) is 0 Å². The minimum absolute atomic E-state index is 0.110. The highest BCUT2D eigenvalue weighted by Gasteiger charge is 2.26. The van der Waals surface area contributed by atoms with Crippen LogP contribution in [0.4, 0.5) is 5.69 Å². The number of carboxylic acid groups (broad SMARTS) is 2. The molecule has 0 aliphatic rings. The van der Waals surface area contributed by atoms with Crippen molar-refractivity contribution in [3.63, 3.8) is 0 Å². The lowest BCUT2D eigenvalue weighted by atomic mass is 10.1. The van der Waals surface area contributed by atoms with Gasteiger partial charge in [-0.25, -0.2) is 9.59 Å². The molecule has 1 atom stereocenters. The van der Waals surface area contributed by atoms with E-state index in [1.807, 2.05) is 0 Å². The first-order chi connectivity index (χ1) is 9.27. The van der Waals surface area contributed by atoms with Gasteiger partial charge in [-0.15, -0.1) is 0 Å². The van der Waals surface area contributed by atoms with E-state index in [-0.39, 0.29) is 11.5 Å². The number of nitro benzene ring substituents is 1. The van der Waals surface area contributed by atoms with Crippen molar-refractivity contribution in [3.05, 3.63) is 27.8 Å². The third-order valence-electron chi connectivity index (χ3n) is 2.36. The zero-order valence-electron chi connectivity index (χ0n) is 10.5. The van der Waals surface area contributed by atoms with Crippen molar-refractivity contribution in [2.24, 2.45) is 0 Å². The maximum Gasteiger partial charge on any atom is 0.344 e. The second-order valence-electron chi connectivity index (χ2n) is 3.68. The Morgan fingerprint density at radius 1 is 1.30 bits per heavy atom. The Morgan fingerprint density at radius 3 is 2.30 bits per heavy atom. The van der Waals surface area contributed by atoms with E-state index in [2.05, 4.69) is 0 Å². The molecular formula is C11H11NO8. The number of ether oxygens (including phenoxy) is 2. The van der Waals surface area contributed by atoms with Gasteiger partial charge < -0.3 is 19.7 Å². The van der Waals surface area contributed by atoms with Gasteiger partial charge in [0.05, 0.1) is 18.1 Å². The van der Waals surface area contributed by atoms with Crippen LogP contribution in [0, 0.1) is 10.1 Å². The summed E-state index contributed by atoms with van der Waals surface area (Å²) in [6.45, 7) is 1.22. The lowest BCUT2D eigenvalue weighted by molar-refractivity contribution is -0.385. The van der Waals surface area contributed by atoms with E-state index in [1.54, 1.807) is 0 Å². The minimum Gasteiger partial charge on any atom is -0.493 e. The summed E-state index contributed by atoms with van der Waals surface area (Å²) in [5.41, 5.74) is -1.30. The van der Waals surface area contributed by atoms with Crippen molar-refractivity contribution < 1.29 is 34.2 Å². The Balaban J connectivity index is 3.37.